The lowest BCUT2D eigenvalue weighted by atomic mass is 10.0. The van der Waals surface area contributed by atoms with E-state index in [1.807, 2.05) is 10.8 Å². The van der Waals surface area contributed by atoms with E-state index in [4.69, 9.17) is 19.4 Å². The molecule has 0 aromatic carbocycles. The van der Waals surface area contributed by atoms with Crippen molar-refractivity contribution >= 4 is 22.4 Å². The Kier molecular flexibility index (Phi) is 32.0. The third kappa shape index (κ3) is 27.0. The Hall–Kier alpha value is -1.36. The van der Waals surface area contributed by atoms with Crippen LogP contribution in [0, 0.1) is 0 Å². The Labute approximate surface area is 321 Å². The van der Waals surface area contributed by atoms with Crippen LogP contribution in [-0.2, 0) is 0 Å². The molecule has 0 saturated heterocycles. The highest BCUT2D eigenvalue weighted by Crippen LogP contribution is 2.28. The molecule has 2 heterocycles. The third-order valence-electron chi connectivity index (χ3n) is 10.7. The lowest BCUT2D eigenvalue weighted by Gasteiger charge is -2.11. The van der Waals surface area contributed by atoms with Gasteiger partial charge >= 0.3 is 0 Å². The van der Waals surface area contributed by atoms with Crippen molar-refractivity contribution in [2.45, 2.75) is 245 Å². The minimum Gasteiger partial charge on any atom is -0.474 e. The van der Waals surface area contributed by atoms with Crippen molar-refractivity contribution in [3.05, 3.63) is 10.8 Å². The molecule has 0 saturated carbocycles. The van der Waals surface area contributed by atoms with Crippen LogP contribution in [0.4, 0.5) is 0 Å². The fraction of sp³-hybridized carbons (Fsp3) is 0.870. The fourth-order valence-electron chi connectivity index (χ4n) is 7.30. The highest BCUT2D eigenvalue weighted by molar-refractivity contribution is 7.09. The normalized spacial score (nSPS) is 11.6. The molecule has 0 atom stereocenters. The Morgan fingerprint density at radius 1 is 0.333 bits per heavy atom. The maximum absolute atomic E-state index is 6.14. The Morgan fingerprint density at radius 3 is 0.784 bits per heavy atom. The van der Waals surface area contributed by atoms with Gasteiger partial charge in [-0.1, -0.05) is 232 Å². The van der Waals surface area contributed by atoms with Gasteiger partial charge < -0.3 is 9.47 Å². The number of ether oxygens (including phenoxy) is 2. The first kappa shape index (κ1) is 45.8. The van der Waals surface area contributed by atoms with Crippen molar-refractivity contribution in [3.8, 4) is 11.8 Å². The maximum Gasteiger partial charge on any atom is 0.278 e. The number of nitrogens with zero attached hydrogens (tertiary/aromatic N) is 2. The summed E-state index contributed by atoms with van der Waals surface area (Å²) in [4.78, 5) is 9.51. The molecule has 0 spiro atoms. The minimum atomic E-state index is 0.579. The first-order chi connectivity index (χ1) is 25.3. The smallest absolute Gasteiger partial charge is 0.278 e. The number of hydrogen-bond donors (Lipinski definition) is 0. The SMILES string of the molecule is CCCCCCCCCCCCCCCCCCCCOc1nc2cscc2nc1OCCCCCCCCCCCCCCCCCCCC. The summed E-state index contributed by atoms with van der Waals surface area (Å²) in [6.45, 7) is 5.99. The maximum atomic E-state index is 6.14. The summed E-state index contributed by atoms with van der Waals surface area (Å²) in [6.07, 6.45) is 50.0. The molecule has 0 aliphatic rings. The number of rotatable bonds is 40. The number of aromatic nitrogens is 2. The van der Waals surface area contributed by atoms with Gasteiger partial charge in [0.15, 0.2) is 0 Å². The molecule has 51 heavy (non-hydrogen) atoms. The largest absolute Gasteiger partial charge is 0.474 e. The predicted octanol–water partition coefficient (Wildman–Crippen LogP) is 16.5. The van der Waals surface area contributed by atoms with Crippen LogP contribution in [0.2, 0.25) is 0 Å². The summed E-state index contributed by atoms with van der Waals surface area (Å²) in [5, 5.41) is 4.10. The summed E-state index contributed by atoms with van der Waals surface area (Å²) in [5.41, 5.74) is 1.82. The van der Waals surface area contributed by atoms with Crippen molar-refractivity contribution in [2.75, 3.05) is 13.2 Å². The summed E-state index contributed by atoms with van der Waals surface area (Å²) < 4.78 is 12.3. The Bertz CT molecular complexity index is 919. The van der Waals surface area contributed by atoms with E-state index in [2.05, 4.69) is 13.8 Å². The number of unbranched alkanes of at least 4 members (excludes halogenated alkanes) is 34. The highest BCUT2D eigenvalue weighted by atomic mass is 32.1. The van der Waals surface area contributed by atoms with E-state index in [1.54, 1.807) is 11.3 Å². The van der Waals surface area contributed by atoms with E-state index in [0.29, 0.717) is 25.0 Å². The van der Waals surface area contributed by atoms with Gasteiger partial charge in [0.05, 0.1) is 13.2 Å². The average Bonchev–Trinajstić information content (AvgIpc) is 3.60. The van der Waals surface area contributed by atoms with Crippen LogP contribution in [0.25, 0.3) is 11.0 Å². The van der Waals surface area contributed by atoms with Gasteiger partial charge in [-0.15, -0.1) is 11.3 Å². The van der Waals surface area contributed by atoms with Gasteiger partial charge in [-0.3, -0.25) is 0 Å². The molecule has 2 aromatic heterocycles. The number of thiophene rings is 1. The zero-order valence-electron chi connectivity index (χ0n) is 34.1. The van der Waals surface area contributed by atoms with Crippen molar-refractivity contribution in [1.29, 1.82) is 0 Å². The number of hydrogen-bond acceptors (Lipinski definition) is 5. The molecule has 0 radical (unpaired) electrons. The molecule has 296 valence electrons. The highest BCUT2D eigenvalue weighted by Gasteiger charge is 2.13. The molecular formula is C46H84N2O2S. The lowest BCUT2D eigenvalue weighted by molar-refractivity contribution is 0.243. The zero-order chi connectivity index (χ0) is 36.1. The molecule has 4 nitrogen and oxygen atoms in total. The van der Waals surface area contributed by atoms with Crippen LogP contribution < -0.4 is 9.47 Å². The van der Waals surface area contributed by atoms with Crippen molar-refractivity contribution < 1.29 is 9.47 Å². The van der Waals surface area contributed by atoms with Gasteiger partial charge in [-0.05, 0) is 12.8 Å². The van der Waals surface area contributed by atoms with E-state index in [-0.39, 0.29) is 0 Å². The van der Waals surface area contributed by atoms with Gasteiger partial charge in [-0.2, -0.15) is 0 Å². The second kappa shape index (κ2) is 35.7. The standard InChI is InChI=1S/C46H84N2O2S/c1-3-5-7-9-11-13-15-17-19-21-23-25-27-29-31-33-35-37-39-49-45-46(48-44-42-51-41-43(44)47-45)50-40-38-36-34-32-30-28-26-24-22-20-18-16-14-12-10-8-6-4-2/h41-42H,3-40H2,1-2H3. The number of fused-ring (bicyclic) bond motifs is 1. The molecule has 0 amide bonds. The molecule has 5 heteroatoms. The summed E-state index contributed by atoms with van der Waals surface area (Å²) in [6, 6.07) is 0. The second-order valence-corrected chi connectivity index (χ2v) is 16.4. The molecule has 0 fully saturated rings. The Balaban J connectivity index is 1.40. The van der Waals surface area contributed by atoms with Gasteiger partial charge in [0.25, 0.3) is 11.8 Å². The molecule has 0 N–H and O–H groups in total. The molecule has 0 aliphatic carbocycles. The molecule has 2 aromatic rings. The van der Waals surface area contributed by atoms with Gasteiger partial charge in [0, 0.05) is 10.8 Å². The van der Waals surface area contributed by atoms with Crippen LogP contribution in [0.15, 0.2) is 10.8 Å². The molecule has 0 bridgehead atoms. The van der Waals surface area contributed by atoms with Crippen LogP contribution in [-0.4, -0.2) is 23.2 Å². The van der Waals surface area contributed by atoms with Crippen molar-refractivity contribution in [2.24, 2.45) is 0 Å². The topological polar surface area (TPSA) is 44.2 Å². The monoisotopic (exact) mass is 729 g/mol. The Morgan fingerprint density at radius 2 is 0.549 bits per heavy atom. The third-order valence-corrected chi connectivity index (χ3v) is 11.4. The second-order valence-electron chi connectivity index (χ2n) is 15.7. The van der Waals surface area contributed by atoms with E-state index < -0.39 is 0 Å². The zero-order valence-corrected chi connectivity index (χ0v) is 35.0. The molecule has 0 unspecified atom stereocenters. The van der Waals surface area contributed by atoms with Crippen LogP contribution in [0.3, 0.4) is 0 Å². The van der Waals surface area contributed by atoms with Crippen LogP contribution >= 0.6 is 11.3 Å². The molecule has 2 rings (SSSR count). The van der Waals surface area contributed by atoms with E-state index in [1.165, 1.54) is 218 Å². The average molecular weight is 729 g/mol. The van der Waals surface area contributed by atoms with Gasteiger partial charge in [0.2, 0.25) is 0 Å². The first-order valence-corrected chi connectivity index (χ1v) is 23.8. The predicted molar refractivity (Wildman–Crippen MR) is 226 cm³/mol. The minimum absolute atomic E-state index is 0.579. The van der Waals surface area contributed by atoms with Crippen LogP contribution in [0.1, 0.15) is 245 Å². The van der Waals surface area contributed by atoms with E-state index in [9.17, 15) is 0 Å². The van der Waals surface area contributed by atoms with Gasteiger partial charge in [0.1, 0.15) is 11.0 Å². The van der Waals surface area contributed by atoms with Gasteiger partial charge in [-0.25, -0.2) is 9.97 Å². The van der Waals surface area contributed by atoms with Crippen LogP contribution in [0.5, 0.6) is 11.8 Å². The summed E-state index contributed by atoms with van der Waals surface area (Å²) in [7, 11) is 0. The fourth-order valence-corrected chi connectivity index (χ4v) is 7.97. The van der Waals surface area contributed by atoms with E-state index in [0.717, 1.165) is 23.9 Å². The quantitative estimate of drug-likeness (QED) is 0.0641. The molecule has 0 aliphatic heterocycles. The van der Waals surface area contributed by atoms with E-state index >= 15 is 0 Å². The summed E-state index contributed by atoms with van der Waals surface area (Å²) >= 11 is 1.64. The van der Waals surface area contributed by atoms with Crippen molar-refractivity contribution in [3.63, 3.8) is 0 Å². The first-order valence-electron chi connectivity index (χ1n) is 22.8. The molecular weight excluding hydrogens is 645 g/mol. The van der Waals surface area contributed by atoms with Crippen molar-refractivity contribution in [1.82, 2.24) is 9.97 Å². The summed E-state index contributed by atoms with van der Waals surface area (Å²) in [5.74, 6) is 1.16. The lowest BCUT2D eigenvalue weighted by Crippen LogP contribution is -2.06.